The second-order valence-electron chi connectivity index (χ2n) is 5.06. The van der Waals surface area contributed by atoms with E-state index in [-0.39, 0.29) is 6.04 Å². The van der Waals surface area contributed by atoms with Crippen molar-refractivity contribution < 1.29 is 0 Å². The van der Waals surface area contributed by atoms with Crippen LogP contribution in [0, 0.1) is 6.92 Å². The number of aromatic nitrogens is 4. The molecule has 0 saturated heterocycles. The van der Waals surface area contributed by atoms with Crippen LogP contribution in [0.4, 0.5) is 0 Å². The molecule has 3 aromatic rings. The number of H-pyrrole nitrogens is 1. The van der Waals surface area contributed by atoms with Crippen molar-refractivity contribution in [1.29, 1.82) is 0 Å². The Hall–Kier alpha value is -2.14. The first-order valence-corrected chi connectivity index (χ1v) is 6.89. The molecule has 0 saturated carbocycles. The average Bonchev–Trinajstić information content (AvgIpc) is 3.07. The Morgan fingerprint density at radius 1 is 1.40 bits per heavy atom. The van der Waals surface area contributed by atoms with Gasteiger partial charge in [-0.1, -0.05) is 6.07 Å². The van der Waals surface area contributed by atoms with Crippen molar-refractivity contribution in [3.05, 3.63) is 54.0 Å². The highest BCUT2D eigenvalue weighted by molar-refractivity contribution is 5.41. The van der Waals surface area contributed by atoms with Gasteiger partial charge in [0, 0.05) is 37.1 Å². The van der Waals surface area contributed by atoms with E-state index in [0.717, 1.165) is 30.0 Å². The summed E-state index contributed by atoms with van der Waals surface area (Å²) < 4.78 is 2.13. The highest BCUT2D eigenvalue weighted by Crippen LogP contribution is 2.10. The molecule has 0 radical (unpaired) electrons. The van der Waals surface area contributed by atoms with E-state index in [1.807, 2.05) is 18.3 Å². The maximum absolute atomic E-state index is 4.64. The molecule has 0 aliphatic rings. The van der Waals surface area contributed by atoms with Gasteiger partial charge in [0.1, 0.15) is 5.65 Å². The third kappa shape index (κ3) is 2.58. The van der Waals surface area contributed by atoms with E-state index in [1.54, 1.807) is 6.33 Å². The quantitative estimate of drug-likeness (QED) is 0.747. The highest BCUT2D eigenvalue weighted by Gasteiger charge is 2.07. The number of aryl methyl sites for hydroxylation is 1. The molecule has 1 atom stereocenters. The molecule has 0 aliphatic carbocycles. The molecule has 0 bridgehead atoms. The van der Waals surface area contributed by atoms with Crippen molar-refractivity contribution in [2.75, 3.05) is 6.54 Å². The van der Waals surface area contributed by atoms with Gasteiger partial charge in [0.2, 0.25) is 0 Å². The summed E-state index contributed by atoms with van der Waals surface area (Å²) in [6.45, 7) is 5.11. The highest BCUT2D eigenvalue weighted by atomic mass is 15.0. The van der Waals surface area contributed by atoms with E-state index in [9.17, 15) is 0 Å². The lowest BCUT2D eigenvalue weighted by atomic mass is 10.2. The summed E-state index contributed by atoms with van der Waals surface area (Å²) in [4.78, 5) is 11.8. The molecule has 1 unspecified atom stereocenters. The maximum Gasteiger partial charge on any atom is 0.137 e. The zero-order valence-corrected chi connectivity index (χ0v) is 11.8. The summed E-state index contributed by atoms with van der Waals surface area (Å²) in [6, 6.07) is 6.45. The van der Waals surface area contributed by atoms with Crippen LogP contribution in [0.15, 0.2) is 36.9 Å². The molecule has 3 rings (SSSR count). The second-order valence-corrected chi connectivity index (χ2v) is 5.06. The van der Waals surface area contributed by atoms with Crippen LogP contribution >= 0.6 is 0 Å². The zero-order valence-electron chi connectivity index (χ0n) is 11.8. The van der Waals surface area contributed by atoms with E-state index in [1.165, 1.54) is 5.69 Å². The predicted molar refractivity (Wildman–Crippen MR) is 78.6 cm³/mol. The Morgan fingerprint density at radius 2 is 2.30 bits per heavy atom. The average molecular weight is 269 g/mol. The monoisotopic (exact) mass is 269 g/mol. The minimum absolute atomic E-state index is 0.274. The van der Waals surface area contributed by atoms with Gasteiger partial charge in [-0.3, -0.25) is 0 Å². The Labute approximate surface area is 118 Å². The SMILES string of the molecule is Cc1cccc2nc(CCNC(C)c3cnc[nH]3)cn12. The van der Waals surface area contributed by atoms with Gasteiger partial charge in [0.15, 0.2) is 0 Å². The Bertz CT molecular complexity index is 683. The van der Waals surface area contributed by atoms with Crippen molar-refractivity contribution in [3.63, 3.8) is 0 Å². The van der Waals surface area contributed by atoms with Crippen LogP contribution in [-0.2, 0) is 6.42 Å². The number of hydrogen-bond donors (Lipinski definition) is 2. The molecule has 0 amide bonds. The van der Waals surface area contributed by atoms with Gasteiger partial charge < -0.3 is 14.7 Å². The first kappa shape index (κ1) is 12.9. The minimum atomic E-state index is 0.274. The van der Waals surface area contributed by atoms with Crippen molar-refractivity contribution in [1.82, 2.24) is 24.7 Å². The number of nitrogens with one attached hydrogen (secondary N) is 2. The van der Waals surface area contributed by atoms with Gasteiger partial charge in [-0.05, 0) is 26.0 Å². The normalized spacial score (nSPS) is 12.9. The van der Waals surface area contributed by atoms with Gasteiger partial charge in [-0.15, -0.1) is 0 Å². The summed E-state index contributed by atoms with van der Waals surface area (Å²) in [6.07, 6.45) is 6.59. The summed E-state index contributed by atoms with van der Waals surface area (Å²) in [5, 5.41) is 3.47. The fraction of sp³-hybridized carbons (Fsp3) is 0.333. The number of hydrogen-bond acceptors (Lipinski definition) is 3. The van der Waals surface area contributed by atoms with Gasteiger partial charge in [0.25, 0.3) is 0 Å². The summed E-state index contributed by atoms with van der Waals surface area (Å²) in [5.74, 6) is 0. The van der Waals surface area contributed by atoms with Crippen molar-refractivity contribution in [2.24, 2.45) is 0 Å². The molecule has 0 spiro atoms. The third-order valence-electron chi connectivity index (χ3n) is 3.56. The lowest BCUT2D eigenvalue weighted by Gasteiger charge is -2.10. The van der Waals surface area contributed by atoms with E-state index in [2.05, 4.69) is 50.8 Å². The van der Waals surface area contributed by atoms with Crippen LogP contribution in [0.5, 0.6) is 0 Å². The Kier molecular flexibility index (Phi) is 3.52. The van der Waals surface area contributed by atoms with E-state index in [4.69, 9.17) is 0 Å². The fourth-order valence-electron chi connectivity index (χ4n) is 2.35. The molecule has 5 heteroatoms. The summed E-state index contributed by atoms with van der Waals surface area (Å²) in [5.41, 5.74) is 4.45. The van der Waals surface area contributed by atoms with Crippen LogP contribution in [0.2, 0.25) is 0 Å². The summed E-state index contributed by atoms with van der Waals surface area (Å²) >= 11 is 0. The lowest BCUT2D eigenvalue weighted by Crippen LogP contribution is -2.21. The maximum atomic E-state index is 4.64. The zero-order chi connectivity index (χ0) is 13.9. The second kappa shape index (κ2) is 5.46. The van der Waals surface area contributed by atoms with Crippen molar-refractivity contribution in [2.45, 2.75) is 26.3 Å². The smallest absolute Gasteiger partial charge is 0.137 e. The van der Waals surface area contributed by atoms with Crippen LogP contribution in [0.25, 0.3) is 5.65 Å². The minimum Gasteiger partial charge on any atom is -0.347 e. The predicted octanol–water partition coefficient (Wildman–Crippen LogP) is 2.26. The Balaban J connectivity index is 1.61. The molecule has 2 N–H and O–H groups in total. The van der Waals surface area contributed by atoms with Gasteiger partial charge in [-0.2, -0.15) is 0 Å². The van der Waals surface area contributed by atoms with Crippen LogP contribution < -0.4 is 5.32 Å². The van der Waals surface area contributed by atoms with Crippen LogP contribution in [0.1, 0.15) is 30.0 Å². The molecular formula is C15H19N5. The van der Waals surface area contributed by atoms with Crippen LogP contribution in [0.3, 0.4) is 0 Å². The molecule has 5 nitrogen and oxygen atoms in total. The van der Waals surface area contributed by atoms with E-state index in [0.29, 0.717) is 0 Å². The topological polar surface area (TPSA) is 58.0 Å². The number of imidazole rings is 2. The molecular weight excluding hydrogens is 250 g/mol. The van der Waals surface area contributed by atoms with Gasteiger partial charge in [0.05, 0.1) is 17.7 Å². The molecule has 3 heterocycles. The van der Waals surface area contributed by atoms with Crippen molar-refractivity contribution >= 4 is 5.65 Å². The van der Waals surface area contributed by atoms with Crippen molar-refractivity contribution in [3.8, 4) is 0 Å². The lowest BCUT2D eigenvalue weighted by molar-refractivity contribution is 0.564. The number of pyridine rings is 1. The first-order chi connectivity index (χ1) is 9.74. The number of aromatic amines is 1. The Morgan fingerprint density at radius 3 is 3.05 bits per heavy atom. The van der Waals surface area contributed by atoms with E-state index >= 15 is 0 Å². The number of nitrogens with zero attached hydrogens (tertiary/aromatic N) is 3. The van der Waals surface area contributed by atoms with Crippen LogP contribution in [-0.4, -0.2) is 25.9 Å². The largest absolute Gasteiger partial charge is 0.347 e. The molecule has 0 aromatic carbocycles. The summed E-state index contributed by atoms with van der Waals surface area (Å²) in [7, 11) is 0. The molecule has 3 aromatic heterocycles. The van der Waals surface area contributed by atoms with E-state index < -0.39 is 0 Å². The number of rotatable bonds is 5. The van der Waals surface area contributed by atoms with Gasteiger partial charge in [-0.25, -0.2) is 9.97 Å². The van der Waals surface area contributed by atoms with Gasteiger partial charge >= 0.3 is 0 Å². The molecule has 0 fully saturated rings. The standard InChI is InChI=1S/C15H19N5/c1-11-4-3-5-15-19-13(9-20(11)15)6-7-17-12(2)14-8-16-10-18-14/h3-5,8-10,12,17H,6-7H2,1-2H3,(H,16,18). The first-order valence-electron chi connectivity index (χ1n) is 6.89. The number of fused-ring (bicyclic) bond motifs is 1. The molecule has 104 valence electrons. The fourth-order valence-corrected chi connectivity index (χ4v) is 2.35. The molecule has 20 heavy (non-hydrogen) atoms. The molecule has 0 aliphatic heterocycles. The third-order valence-corrected chi connectivity index (χ3v) is 3.56.